The van der Waals surface area contributed by atoms with Crippen LogP contribution in [0.4, 0.5) is 0 Å². The summed E-state index contributed by atoms with van der Waals surface area (Å²) in [7, 11) is 2.12. The molecule has 19 heavy (non-hydrogen) atoms. The van der Waals surface area contributed by atoms with Crippen LogP contribution in [0.5, 0.6) is 0 Å². The number of hydrogen-bond acceptors (Lipinski definition) is 1. The molecule has 1 saturated carbocycles. The van der Waals surface area contributed by atoms with E-state index in [9.17, 15) is 0 Å². The first-order valence-corrected chi connectivity index (χ1v) is 8.04. The molecule has 1 fully saturated rings. The van der Waals surface area contributed by atoms with Gasteiger partial charge < -0.3 is 5.32 Å². The SMILES string of the molecule is CCc1cccc(C(NC)C2CCCC(CC)C2)c1. The third kappa shape index (κ3) is 3.60. The molecular formula is C18H29N. The van der Waals surface area contributed by atoms with Crippen LogP contribution in [0.2, 0.25) is 0 Å². The molecule has 0 saturated heterocycles. The van der Waals surface area contributed by atoms with E-state index < -0.39 is 0 Å². The summed E-state index contributed by atoms with van der Waals surface area (Å²) in [6.45, 7) is 4.58. The molecule has 1 nitrogen and oxygen atoms in total. The van der Waals surface area contributed by atoms with E-state index in [1.54, 1.807) is 0 Å². The fourth-order valence-corrected chi connectivity index (χ4v) is 3.69. The zero-order valence-electron chi connectivity index (χ0n) is 12.8. The van der Waals surface area contributed by atoms with E-state index in [0.717, 1.165) is 18.3 Å². The van der Waals surface area contributed by atoms with Crippen LogP contribution in [-0.2, 0) is 6.42 Å². The van der Waals surface area contributed by atoms with Crippen molar-refractivity contribution in [3.05, 3.63) is 35.4 Å². The first-order chi connectivity index (χ1) is 9.28. The highest BCUT2D eigenvalue weighted by Crippen LogP contribution is 2.38. The van der Waals surface area contributed by atoms with E-state index in [2.05, 4.69) is 50.5 Å². The Labute approximate surface area is 118 Å². The summed E-state index contributed by atoms with van der Waals surface area (Å²) >= 11 is 0. The lowest BCUT2D eigenvalue weighted by Gasteiger charge is -2.34. The molecule has 1 aliphatic rings. The Hall–Kier alpha value is -0.820. The summed E-state index contributed by atoms with van der Waals surface area (Å²) in [5.41, 5.74) is 2.95. The van der Waals surface area contributed by atoms with Crippen LogP contribution < -0.4 is 5.32 Å². The molecule has 0 radical (unpaired) electrons. The number of aryl methyl sites for hydroxylation is 1. The Kier molecular flexibility index (Phi) is 5.45. The molecule has 0 aromatic heterocycles. The summed E-state index contributed by atoms with van der Waals surface area (Å²) in [6, 6.07) is 9.71. The van der Waals surface area contributed by atoms with Crippen LogP contribution in [0, 0.1) is 11.8 Å². The molecule has 2 rings (SSSR count). The standard InChI is InChI=1S/C18H29N/c1-4-14-8-6-10-16(12-14)18(19-3)17-11-7-9-15(5-2)13-17/h6,8,10,12,15,17-19H,4-5,7,9,11,13H2,1-3H3. The van der Waals surface area contributed by atoms with Crippen molar-refractivity contribution >= 4 is 0 Å². The summed E-state index contributed by atoms with van der Waals surface area (Å²) in [6.07, 6.45) is 8.12. The van der Waals surface area contributed by atoms with E-state index in [4.69, 9.17) is 0 Å². The molecule has 0 bridgehead atoms. The zero-order chi connectivity index (χ0) is 13.7. The van der Waals surface area contributed by atoms with Crippen molar-refractivity contribution in [2.75, 3.05) is 7.05 Å². The lowest BCUT2D eigenvalue weighted by atomic mass is 9.75. The van der Waals surface area contributed by atoms with Crippen LogP contribution in [0.25, 0.3) is 0 Å². The average molecular weight is 259 g/mol. The van der Waals surface area contributed by atoms with Gasteiger partial charge in [0.2, 0.25) is 0 Å². The van der Waals surface area contributed by atoms with Gasteiger partial charge in [0.05, 0.1) is 0 Å². The molecular weight excluding hydrogens is 230 g/mol. The van der Waals surface area contributed by atoms with Gasteiger partial charge in [0.15, 0.2) is 0 Å². The van der Waals surface area contributed by atoms with Crippen molar-refractivity contribution in [2.24, 2.45) is 11.8 Å². The molecule has 3 atom stereocenters. The fourth-order valence-electron chi connectivity index (χ4n) is 3.69. The van der Waals surface area contributed by atoms with Crippen molar-refractivity contribution in [2.45, 2.75) is 58.4 Å². The quantitative estimate of drug-likeness (QED) is 0.806. The fraction of sp³-hybridized carbons (Fsp3) is 0.667. The first-order valence-electron chi connectivity index (χ1n) is 8.04. The minimum absolute atomic E-state index is 0.542. The second-order valence-corrected chi connectivity index (χ2v) is 6.07. The normalized spacial score (nSPS) is 25.2. The predicted molar refractivity (Wildman–Crippen MR) is 83.4 cm³/mol. The number of benzene rings is 1. The molecule has 106 valence electrons. The number of nitrogens with one attached hydrogen (secondary N) is 1. The summed E-state index contributed by atoms with van der Waals surface area (Å²) in [5, 5.41) is 3.58. The van der Waals surface area contributed by atoms with E-state index >= 15 is 0 Å². The summed E-state index contributed by atoms with van der Waals surface area (Å²) in [5.74, 6) is 1.76. The molecule has 1 N–H and O–H groups in total. The largest absolute Gasteiger partial charge is 0.313 e. The van der Waals surface area contributed by atoms with E-state index in [1.807, 2.05) is 0 Å². The van der Waals surface area contributed by atoms with Gasteiger partial charge >= 0.3 is 0 Å². The monoisotopic (exact) mass is 259 g/mol. The molecule has 1 aromatic rings. The third-order valence-corrected chi connectivity index (χ3v) is 4.90. The van der Waals surface area contributed by atoms with Crippen LogP contribution in [0.1, 0.15) is 63.1 Å². The van der Waals surface area contributed by atoms with Gasteiger partial charge in [0.25, 0.3) is 0 Å². The molecule has 0 heterocycles. The van der Waals surface area contributed by atoms with Crippen molar-refractivity contribution in [3.8, 4) is 0 Å². The zero-order valence-corrected chi connectivity index (χ0v) is 12.8. The minimum atomic E-state index is 0.542. The lowest BCUT2D eigenvalue weighted by molar-refractivity contribution is 0.214. The second kappa shape index (κ2) is 7.09. The maximum Gasteiger partial charge on any atom is 0.0346 e. The molecule has 0 amide bonds. The Morgan fingerprint density at radius 1 is 1.26 bits per heavy atom. The number of rotatable bonds is 5. The van der Waals surface area contributed by atoms with Gasteiger partial charge in [-0.3, -0.25) is 0 Å². The third-order valence-electron chi connectivity index (χ3n) is 4.90. The van der Waals surface area contributed by atoms with Crippen molar-refractivity contribution in [1.29, 1.82) is 0 Å². The summed E-state index contributed by atoms with van der Waals surface area (Å²) < 4.78 is 0. The van der Waals surface area contributed by atoms with Gasteiger partial charge in [-0.25, -0.2) is 0 Å². The summed E-state index contributed by atoms with van der Waals surface area (Å²) in [4.78, 5) is 0. The van der Waals surface area contributed by atoms with Gasteiger partial charge in [0, 0.05) is 6.04 Å². The lowest BCUT2D eigenvalue weighted by Crippen LogP contribution is -2.29. The van der Waals surface area contributed by atoms with Gasteiger partial charge in [-0.1, -0.05) is 57.4 Å². The Morgan fingerprint density at radius 2 is 2.11 bits per heavy atom. The molecule has 1 heteroatoms. The molecule has 0 spiro atoms. The van der Waals surface area contributed by atoms with Crippen LogP contribution in [-0.4, -0.2) is 7.05 Å². The average Bonchev–Trinajstić information content (AvgIpc) is 2.48. The second-order valence-electron chi connectivity index (χ2n) is 6.07. The van der Waals surface area contributed by atoms with E-state index in [0.29, 0.717) is 6.04 Å². The van der Waals surface area contributed by atoms with Crippen LogP contribution in [0.3, 0.4) is 0 Å². The minimum Gasteiger partial charge on any atom is -0.313 e. The Morgan fingerprint density at radius 3 is 2.79 bits per heavy atom. The van der Waals surface area contributed by atoms with E-state index in [1.165, 1.54) is 43.2 Å². The molecule has 0 aliphatic heterocycles. The highest BCUT2D eigenvalue weighted by Gasteiger charge is 2.27. The van der Waals surface area contributed by atoms with Crippen molar-refractivity contribution in [1.82, 2.24) is 5.32 Å². The molecule has 1 aliphatic carbocycles. The smallest absolute Gasteiger partial charge is 0.0346 e. The van der Waals surface area contributed by atoms with Crippen LogP contribution in [0.15, 0.2) is 24.3 Å². The highest BCUT2D eigenvalue weighted by molar-refractivity contribution is 5.26. The topological polar surface area (TPSA) is 12.0 Å². The van der Waals surface area contributed by atoms with E-state index in [-0.39, 0.29) is 0 Å². The first kappa shape index (κ1) is 14.6. The van der Waals surface area contributed by atoms with Crippen molar-refractivity contribution < 1.29 is 0 Å². The maximum atomic E-state index is 3.58. The van der Waals surface area contributed by atoms with Gasteiger partial charge in [0.1, 0.15) is 0 Å². The highest BCUT2D eigenvalue weighted by atomic mass is 14.9. The Bertz CT molecular complexity index is 385. The molecule has 1 aromatic carbocycles. The van der Waals surface area contributed by atoms with Gasteiger partial charge in [-0.2, -0.15) is 0 Å². The predicted octanol–water partition coefficient (Wildman–Crippen LogP) is 4.73. The van der Waals surface area contributed by atoms with Crippen LogP contribution >= 0.6 is 0 Å². The Balaban J connectivity index is 2.13. The van der Waals surface area contributed by atoms with Gasteiger partial charge in [-0.15, -0.1) is 0 Å². The molecule has 3 unspecified atom stereocenters. The number of hydrogen-bond donors (Lipinski definition) is 1. The van der Waals surface area contributed by atoms with Gasteiger partial charge in [-0.05, 0) is 49.3 Å². The maximum absolute atomic E-state index is 3.58. The van der Waals surface area contributed by atoms with Crippen molar-refractivity contribution in [3.63, 3.8) is 0 Å².